The second kappa shape index (κ2) is 9.80. The van der Waals surface area contributed by atoms with Gasteiger partial charge in [0.2, 0.25) is 5.91 Å². The van der Waals surface area contributed by atoms with Gasteiger partial charge < -0.3 is 10.2 Å². The van der Waals surface area contributed by atoms with E-state index in [1.54, 1.807) is 6.07 Å². The molecular weight excluding hydrogens is 508 g/mol. The zero-order valence-electron chi connectivity index (χ0n) is 16.5. The molecule has 0 spiro atoms. The van der Waals surface area contributed by atoms with E-state index in [-0.39, 0.29) is 48.0 Å². The summed E-state index contributed by atoms with van der Waals surface area (Å²) in [6.07, 6.45) is 1.60. The number of unbranched alkanes of at least 4 members (excludes halogenated alkanes) is 1. The molecule has 2 aromatic rings. The fourth-order valence-electron chi connectivity index (χ4n) is 3.33. The molecule has 1 aliphatic rings. The number of carbonyl (C=O) groups is 2. The minimum atomic E-state index is -1.16. The van der Waals surface area contributed by atoms with E-state index in [2.05, 4.69) is 5.32 Å². The summed E-state index contributed by atoms with van der Waals surface area (Å²) in [5.41, 5.74) is -0.0293. The Morgan fingerprint density at radius 2 is 1.87 bits per heavy atom. The van der Waals surface area contributed by atoms with Crippen molar-refractivity contribution in [2.75, 3.05) is 19.6 Å². The molecule has 1 fully saturated rings. The van der Waals surface area contributed by atoms with Gasteiger partial charge in [-0.2, -0.15) is 0 Å². The van der Waals surface area contributed by atoms with E-state index in [9.17, 15) is 22.8 Å². The molecule has 1 aliphatic heterocycles. The van der Waals surface area contributed by atoms with Crippen molar-refractivity contribution in [3.63, 3.8) is 0 Å². The van der Waals surface area contributed by atoms with Crippen LogP contribution in [0.3, 0.4) is 0 Å². The van der Waals surface area contributed by atoms with Crippen LogP contribution in [0.1, 0.15) is 41.3 Å². The number of carbonyl (C=O) groups excluding carboxylic acids is 2. The van der Waals surface area contributed by atoms with Gasteiger partial charge in [0.15, 0.2) is 11.6 Å². The third-order valence-corrected chi connectivity index (χ3v) is 5.85. The summed E-state index contributed by atoms with van der Waals surface area (Å²) in [7, 11) is 0. The number of rotatable bonds is 7. The predicted octanol–water partition coefficient (Wildman–Crippen LogP) is 4.29. The normalized spacial score (nSPS) is 13.8. The molecule has 2 amide bonds. The fraction of sp³-hybridized carbons (Fsp3) is 0.364. The Balaban J connectivity index is 1.76. The summed E-state index contributed by atoms with van der Waals surface area (Å²) in [6.45, 7) is 3.05. The van der Waals surface area contributed by atoms with Gasteiger partial charge in [0.1, 0.15) is 5.82 Å². The standard InChI is InChI=1S/C22H22F3IN2O2/c1-2-3-8-27-21(29)14-11-28(12-14)22(30)16-6-7-18(23)20(25)17(16)9-13-4-5-15(26)10-19(13)24/h4-7,10,14H,2-3,8-9,11-12H2,1H3,(H,27,29). The fourth-order valence-corrected chi connectivity index (χ4v) is 3.79. The average Bonchev–Trinajstić information content (AvgIpc) is 2.66. The molecule has 0 bridgehead atoms. The van der Waals surface area contributed by atoms with Gasteiger partial charge in [-0.3, -0.25) is 9.59 Å². The van der Waals surface area contributed by atoms with Crippen LogP contribution in [0.5, 0.6) is 0 Å². The van der Waals surface area contributed by atoms with E-state index in [0.717, 1.165) is 18.9 Å². The van der Waals surface area contributed by atoms with Gasteiger partial charge in [-0.25, -0.2) is 13.2 Å². The van der Waals surface area contributed by atoms with Crippen molar-refractivity contribution in [1.82, 2.24) is 10.2 Å². The number of nitrogens with zero attached hydrogens (tertiary/aromatic N) is 1. The van der Waals surface area contributed by atoms with E-state index in [4.69, 9.17) is 0 Å². The summed E-state index contributed by atoms with van der Waals surface area (Å²) in [4.78, 5) is 26.4. The molecule has 8 heteroatoms. The predicted molar refractivity (Wildman–Crippen MR) is 116 cm³/mol. The highest BCUT2D eigenvalue weighted by Gasteiger charge is 2.37. The van der Waals surface area contributed by atoms with Gasteiger partial charge in [-0.15, -0.1) is 0 Å². The van der Waals surface area contributed by atoms with Crippen molar-refractivity contribution in [1.29, 1.82) is 0 Å². The first-order chi connectivity index (χ1) is 14.3. The van der Waals surface area contributed by atoms with Crippen LogP contribution in [0.2, 0.25) is 0 Å². The van der Waals surface area contributed by atoms with Crippen LogP contribution in [0.4, 0.5) is 13.2 Å². The summed E-state index contributed by atoms with van der Waals surface area (Å²) in [5.74, 6) is -3.71. The highest BCUT2D eigenvalue weighted by Crippen LogP contribution is 2.26. The molecule has 4 nitrogen and oxygen atoms in total. The average molecular weight is 530 g/mol. The van der Waals surface area contributed by atoms with Gasteiger partial charge in [-0.05, 0) is 58.8 Å². The van der Waals surface area contributed by atoms with Gasteiger partial charge in [0.05, 0.1) is 5.92 Å². The molecule has 0 atom stereocenters. The van der Waals surface area contributed by atoms with Crippen LogP contribution in [-0.2, 0) is 11.2 Å². The molecule has 0 aliphatic carbocycles. The first kappa shape index (κ1) is 22.6. The van der Waals surface area contributed by atoms with Crippen molar-refractivity contribution >= 4 is 34.4 Å². The molecule has 1 heterocycles. The van der Waals surface area contributed by atoms with Crippen LogP contribution >= 0.6 is 22.6 Å². The van der Waals surface area contributed by atoms with E-state index in [1.165, 1.54) is 23.1 Å². The van der Waals surface area contributed by atoms with E-state index < -0.39 is 23.4 Å². The number of hydrogen-bond acceptors (Lipinski definition) is 2. The van der Waals surface area contributed by atoms with E-state index in [1.807, 2.05) is 29.5 Å². The highest BCUT2D eigenvalue weighted by atomic mass is 127. The number of amides is 2. The summed E-state index contributed by atoms with van der Waals surface area (Å²) < 4.78 is 43.3. The molecule has 160 valence electrons. The maximum Gasteiger partial charge on any atom is 0.254 e. The smallest absolute Gasteiger partial charge is 0.254 e. The minimum Gasteiger partial charge on any atom is -0.356 e. The second-order valence-corrected chi connectivity index (χ2v) is 8.60. The van der Waals surface area contributed by atoms with Gasteiger partial charge >= 0.3 is 0 Å². The Labute approximate surface area is 187 Å². The lowest BCUT2D eigenvalue weighted by molar-refractivity contribution is -0.128. The topological polar surface area (TPSA) is 49.4 Å². The highest BCUT2D eigenvalue weighted by molar-refractivity contribution is 14.1. The largest absolute Gasteiger partial charge is 0.356 e. The molecule has 0 unspecified atom stereocenters. The van der Waals surface area contributed by atoms with Crippen LogP contribution in [-0.4, -0.2) is 36.3 Å². The van der Waals surface area contributed by atoms with Crippen molar-refractivity contribution in [2.45, 2.75) is 26.2 Å². The molecule has 0 radical (unpaired) electrons. The third-order valence-electron chi connectivity index (χ3n) is 5.18. The van der Waals surface area contributed by atoms with Crippen molar-refractivity contribution in [3.05, 3.63) is 68.0 Å². The second-order valence-electron chi connectivity index (χ2n) is 7.35. The zero-order valence-corrected chi connectivity index (χ0v) is 18.6. The molecule has 1 saturated heterocycles. The molecule has 1 N–H and O–H groups in total. The van der Waals surface area contributed by atoms with Crippen LogP contribution in [0.25, 0.3) is 0 Å². The minimum absolute atomic E-state index is 0.0170. The molecule has 3 rings (SSSR count). The van der Waals surface area contributed by atoms with Gasteiger partial charge in [0, 0.05) is 40.8 Å². The van der Waals surface area contributed by atoms with Gasteiger partial charge in [-0.1, -0.05) is 19.4 Å². The zero-order chi connectivity index (χ0) is 21.8. The maximum absolute atomic E-state index is 14.5. The number of nitrogens with one attached hydrogen (secondary N) is 1. The van der Waals surface area contributed by atoms with Crippen molar-refractivity contribution in [2.24, 2.45) is 5.92 Å². The maximum atomic E-state index is 14.5. The number of benzene rings is 2. The Kier molecular flexibility index (Phi) is 7.38. The van der Waals surface area contributed by atoms with Crippen LogP contribution < -0.4 is 5.32 Å². The number of halogens is 4. The lowest BCUT2D eigenvalue weighted by Gasteiger charge is -2.38. The summed E-state index contributed by atoms with van der Waals surface area (Å²) >= 11 is 1.95. The SMILES string of the molecule is CCCCNC(=O)C1CN(C(=O)c2ccc(F)c(F)c2Cc2ccc(I)cc2F)C1. The lowest BCUT2D eigenvalue weighted by atomic mass is 9.94. The Hall–Kier alpha value is -2.10. The van der Waals surface area contributed by atoms with Gasteiger partial charge in [0.25, 0.3) is 5.91 Å². The molecule has 0 aromatic heterocycles. The van der Waals surface area contributed by atoms with Crippen LogP contribution in [0, 0.1) is 26.9 Å². The van der Waals surface area contributed by atoms with E-state index >= 15 is 0 Å². The number of likely N-dealkylation sites (tertiary alicyclic amines) is 1. The number of hydrogen-bond donors (Lipinski definition) is 1. The molecule has 0 saturated carbocycles. The quantitative estimate of drug-likeness (QED) is 0.429. The Morgan fingerprint density at radius 1 is 1.13 bits per heavy atom. The summed E-state index contributed by atoms with van der Waals surface area (Å²) in [5, 5.41) is 2.83. The first-order valence-corrected chi connectivity index (χ1v) is 10.9. The Morgan fingerprint density at radius 3 is 2.53 bits per heavy atom. The third kappa shape index (κ3) is 4.96. The van der Waals surface area contributed by atoms with Crippen molar-refractivity contribution < 1.29 is 22.8 Å². The molecule has 2 aromatic carbocycles. The molecular formula is C22H22F3IN2O2. The van der Waals surface area contributed by atoms with Crippen molar-refractivity contribution in [3.8, 4) is 0 Å². The first-order valence-electron chi connectivity index (χ1n) is 9.79. The molecule has 30 heavy (non-hydrogen) atoms. The van der Waals surface area contributed by atoms with E-state index in [0.29, 0.717) is 10.1 Å². The lowest BCUT2D eigenvalue weighted by Crippen LogP contribution is -2.56. The Bertz CT molecular complexity index is 962. The monoisotopic (exact) mass is 530 g/mol. The summed E-state index contributed by atoms with van der Waals surface area (Å²) in [6, 6.07) is 6.57. The van der Waals surface area contributed by atoms with Crippen LogP contribution in [0.15, 0.2) is 30.3 Å².